The molecule has 4 heteroatoms. The normalized spacial score (nSPS) is 18.6. The number of ether oxygens (including phenoxy) is 1. The smallest absolute Gasteiger partial charge is 0.122 e. The molecule has 4 nitrogen and oxygen atoms in total. The second-order valence-electron chi connectivity index (χ2n) is 7.95. The van der Waals surface area contributed by atoms with Crippen molar-refractivity contribution in [1.82, 2.24) is 4.90 Å². The van der Waals surface area contributed by atoms with Gasteiger partial charge in [-0.25, -0.2) is 0 Å². The topological polar surface area (TPSA) is 58.7 Å². The summed E-state index contributed by atoms with van der Waals surface area (Å²) in [7, 11) is 1.74. The molecule has 1 aliphatic heterocycles. The number of nitrogens with two attached hydrogens (primary N) is 1. The Morgan fingerprint density at radius 3 is 2.46 bits per heavy atom. The van der Waals surface area contributed by atoms with E-state index in [2.05, 4.69) is 43.9 Å². The summed E-state index contributed by atoms with van der Waals surface area (Å²) in [6.07, 6.45) is 2.26. The first kappa shape index (κ1) is 19.2. The molecule has 1 fully saturated rings. The molecular formula is C20H34N2O2. The minimum Gasteiger partial charge on any atom is -0.496 e. The molecule has 24 heavy (non-hydrogen) atoms. The van der Waals surface area contributed by atoms with Gasteiger partial charge >= 0.3 is 0 Å². The molecule has 1 heterocycles. The van der Waals surface area contributed by atoms with E-state index in [4.69, 9.17) is 15.6 Å². The number of rotatable bonds is 6. The molecule has 3 N–H and O–H groups in total. The molecular weight excluding hydrogens is 300 g/mol. The van der Waals surface area contributed by atoms with Crippen molar-refractivity contribution in [2.45, 2.75) is 44.9 Å². The van der Waals surface area contributed by atoms with Gasteiger partial charge in [0.15, 0.2) is 0 Å². The lowest BCUT2D eigenvalue weighted by Gasteiger charge is -2.36. The molecule has 1 aromatic carbocycles. The summed E-state index contributed by atoms with van der Waals surface area (Å²) in [5.41, 5.74) is 8.90. The Morgan fingerprint density at radius 1 is 1.29 bits per heavy atom. The largest absolute Gasteiger partial charge is 0.496 e. The minimum atomic E-state index is 0.116. The predicted molar refractivity (Wildman–Crippen MR) is 99.7 cm³/mol. The van der Waals surface area contributed by atoms with Crippen molar-refractivity contribution >= 4 is 0 Å². The Balaban J connectivity index is 2.23. The molecule has 2 rings (SSSR count). The van der Waals surface area contributed by atoms with Crippen LogP contribution in [0.2, 0.25) is 0 Å². The molecule has 1 saturated heterocycles. The van der Waals surface area contributed by atoms with Gasteiger partial charge in [0.25, 0.3) is 0 Å². The molecule has 0 saturated carbocycles. The van der Waals surface area contributed by atoms with Crippen LogP contribution in [0, 0.1) is 5.92 Å². The van der Waals surface area contributed by atoms with Crippen molar-refractivity contribution < 1.29 is 9.84 Å². The maximum Gasteiger partial charge on any atom is 0.122 e. The molecule has 136 valence electrons. The second-order valence-corrected chi connectivity index (χ2v) is 7.95. The van der Waals surface area contributed by atoms with Crippen LogP contribution >= 0.6 is 0 Å². The summed E-state index contributed by atoms with van der Waals surface area (Å²) in [6, 6.07) is 6.57. The third kappa shape index (κ3) is 4.50. The zero-order valence-corrected chi connectivity index (χ0v) is 15.7. The number of nitrogens with zero attached hydrogens (tertiary/aromatic N) is 1. The Hall–Kier alpha value is -1.10. The highest BCUT2D eigenvalue weighted by molar-refractivity contribution is 5.42. The maximum atomic E-state index is 9.11. The van der Waals surface area contributed by atoms with Crippen molar-refractivity contribution in [1.29, 1.82) is 0 Å². The van der Waals surface area contributed by atoms with Crippen LogP contribution < -0.4 is 10.5 Å². The predicted octanol–water partition coefficient (Wildman–Crippen LogP) is 2.74. The third-order valence-electron chi connectivity index (χ3n) is 5.37. The average Bonchev–Trinajstić information content (AvgIpc) is 2.56. The van der Waals surface area contributed by atoms with Crippen LogP contribution in [0.25, 0.3) is 0 Å². The van der Waals surface area contributed by atoms with Crippen LogP contribution in [-0.2, 0) is 5.41 Å². The summed E-state index contributed by atoms with van der Waals surface area (Å²) in [4.78, 5) is 2.34. The number of likely N-dealkylation sites (tertiary alicyclic amines) is 1. The monoisotopic (exact) mass is 334 g/mol. The number of aliphatic hydroxyl groups excluding tert-OH is 1. The summed E-state index contributed by atoms with van der Waals surface area (Å²) in [5, 5.41) is 9.11. The van der Waals surface area contributed by atoms with Gasteiger partial charge in [-0.1, -0.05) is 32.9 Å². The van der Waals surface area contributed by atoms with E-state index in [9.17, 15) is 0 Å². The number of aliphatic hydroxyl groups is 1. The van der Waals surface area contributed by atoms with Crippen molar-refractivity contribution in [3.8, 4) is 5.75 Å². The molecule has 0 bridgehead atoms. The second kappa shape index (κ2) is 8.32. The fraction of sp³-hybridized carbons (Fsp3) is 0.700. The summed E-state index contributed by atoms with van der Waals surface area (Å²) in [6.45, 7) is 10.5. The van der Waals surface area contributed by atoms with Crippen LogP contribution in [-0.4, -0.2) is 49.9 Å². The number of hydrogen-bond acceptors (Lipinski definition) is 4. The quantitative estimate of drug-likeness (QED) is 0.840. The molecule has 0 amide bonds. The maximum absolute atomic E-state index is 9.11. The lowest BCUT2D eigenvalue weighted by Crippen LogP contribution is -2.38. The Bertz CT molecular complexity index is 517. The van der Waals surface area contributed by atoms with E-state index in [0.29, 0.717) is 18.4 Å². The van der Waals surface area contributed by atoms with Crippen molar-refractivity contribution in [2.24, 2.45) is 11.7 Å². The van der Waals surface area contributed by atoms with E-state index in [0.717, 1.165) is 38.2 Å². The molecule has 1 atom stereocenters. The Labute approximate surface area is 147 Å². The number of hydrogen-bond donors (Lipinski definition) is 2. The van der Waals surface area contributed by atoms with Crippen molar-refractivity contribution in [3.63, 3.8) is 0 Å². The summed E-state index contributed by atoms with van der Waals surface area (Å²) < 4.78 is 5.65. The summed E-state index contributed by atoms with van der Waals surface area (Å²) >= 11 is 0. The lowest BCUT2D eigenvalue weighted by atomic mass is 9.77. The Morgan fingerprint density at radius 2 is 1.96 bits per heavy atom. The molecule has 1 aromatic rings. The van der Waals surface area contributed by atoms with E-state index in [-0.39, 0.29) is 12.0 Å². The van der Waals surface area contributed by atoms with Gasteiger partial charge in [-0.2, -0.15) is 0 Å². The van der Waals surface area contributed by atoms with Crippen LogP contribution in [0.4, 0.5) is 0 Å². The van der Waals surface area contributed by atoms with E-state index in [1.54, 1.807) is 7.11 Å². The van der Waals surface area contributed by atoms with Gasteiger partial charge in [0.1, 0.15) is 5.75 Å². The molecule has 0 spiro atoms. The Kier molecular flexibility index (Phi) is 6.67. The first-order chi connectivity index (χ1) is 11.4. The number of piperidine rings is 1. The van der Waals surface area contributed by atoms with Gasteiger partial charge in [-0.05, 0) is 61.0 Å². The molecule has 0 radical (unpaired) electrons. The highest BCUT2D eigenvalue weighted by Gasteiger charge is 2.29. The highest BCUT2D eigenvalue weighted by atomic mass is 16.5. The van der Waals surface area contributed by atoms with Gasteiger partial charge in [0, 0.05) is 12.5 Å². The fourth-order valence-corrected chi connectivity index (χ4v) is 3.78. The van der Waals surface area contributed by atoms with Gasteiger partial charge in [0.2, 0.25) is 0 Å². The van der Waals surface area contributed by atoms with Crippen LogP contribution in [0.5, 0.6) is 5.75 Å². The summed E-state index contributed by atoms with van der Waals surface area (Å²) in [5.74, 6) is 1.86. The minimum absolute atomic E-state index is 0.116. The van der Waals surface area contributed by atoms with Gasteiger partial charge < -0.3 is 20.5 Å². The van der Waals surface area contributed by atoms with Gasteiger partial charge in [-0.3, -0.25) is 0 Å². The van der Waals surface area contributed by atoms with E-state index in [1.807, 2.05) is 0 Å². The van der Waals surface area contributed by atoms with Crippen LogP contribution in [0.3, 0.4) is 0 Å². The van der Waals surface area contributed by atoms with Crippen molar-refractivity contribution in [3.05, 3.63) is 29.3 Å². The van der Waals surface area contributed by atoms with Crippen LogP contribution in [0.15, 0.2) is 18.2 Å². The standard InChI is InChI=1S/C20H34N2O2/c1-20(2,3)16-5-6-19(24-4)17(13-16)18(14-21)15-7-9-22(10-8-15)11-12-23/h5-6,13,15,18,23H,7-12,14,21H2,1-4H3. The van der Waals surface area contributed by atoms with E-state index < -0.39 is 0 Å². The number of benzene rings is 1. The van der Waals surface area contributed by atoms with E-state index in [1.165, 1.54) is 11.1 Å². The fourth-order valence-electron chi connectivity index (χ4n) is 3.78. The molecule has 1 aliphatic rings. The van der Waals surface area contributed by atoms with Gasteiger partial charge in [0.05, 0.1) is 13.7 Å². The highest BCUT2D eigenvalue weighted by Crippen LogP contribution is 2.38. The lowest BCUT2D eigenvalue weighted by molar-refractivity contribution is 0.138. The zero-order chi connectivity index (χ0) is 17.7. The first-order valence-electron chi connectivity index (χ1n) is 9.12. The third-order valence-corrected chi connectivity index (χ3v) is 5.37. The molecule has 1 unspecified atom stereocenters. The number of methoxy groups -OCH3 is 1. The van der Waals surface area contributed by atoms with Crippen LogP contribution in [0.1, 0.15) is 50.7 Å². The van der Waals surface area contributed by atoms with E-state index >= 15 is 0 Å². The average molecular weight is 335 g/mol. The van der Waals surface area contributed by atoms with Crippen molar-refractivity contribution in [2.75, 3.05) is 39.9 Å². The zero-order valence-electron chi connectivity index (χ0n) is 15.7. The SMILES string of the molecule is COc1ccc(C(C)(C)C)cc1C(CN)C1CCN(CCO)CC1. The first-order valence-corrected chi connectivity index (χ1v) is 9.12. The molecule has 0 aliphatic carbocycles. The number of β-amino-alcohol motifs (C(OH)–C–C–N with tert-alkyl or cyclic N) is 1. The molecule has 0 aromatic heterocycles. The van der Waals surface area contributed by atoms with Gasteiger partial charge in [-0.15, -0.1) is 0 Å².